The quantitative estimate of drug-likeness (QED) is 0.336. The van der Waals surface area contributed by atoms with Crippen molar-refractivity contribution in [1.82, 2.24) is 10.2 Å². The minimum atomic E-state index is -1.12. The van der Waals surface area contributed by atoms with Gasteiger partial charge in [0.15, 0.2) is 0 Å². The molecule has 0 saturated heterocycles. The lowest BCUT2D eigenvalue weighted by Gasteiger charge is -2.39. The lowest BCUT2D eigenvalue weighted by molar-refractivity contribution is 0.0357. The number of carbonyl (C=O) groups is 3. The second-order valence-corrected chi connectivity index (χ2v) is 11.6. The van der Waals surface area contributed by atoms with Gasteiger partial charge in [0.05, 0.1) is 24.2 Å². The topological polar surface area (TPSA) is 118 Å². The van der Waals surface area contributed by atoms with Crippen LogP contribution in [0.4, 0.5) is 9.59 Å². The number of hydrogen-bond donors (Lipinski definition) is 2. The number of alkyl carbamates (subject to hydrolysis) is 1. The van der Waals surface area contributed by atoms with Gasteiger partial charge in [-0.3, -0.25) is 4.90 Å². The number of nitrogens with one attached hydrogen (secondary N) is 1. The molecule has 1 fully saturated rings. The highest BCUT2D eigenvalue weighted by atomic mass is 16.6. The van der Waals surface area contributed by atoms with Gasteiger partial charge in [0.25, 0.3) is 0 Å². The molecule has 2 atom stereocenters. The van der Waals surface area contributed by atoms with E-state index in [1.54, 1.807) is 25.7 Å². The summed E-state index contributed by atoms with van der Waals surface area (Å²) in [6, 6.07) is 16.9. The number of carboxylic acid groups (broad SMARTS) is 1. The number of carboxylic acids is 1. The van der Waals surface area contributed by atoms with Gasteiger partial charge in [0, 0.05) is 5.92 Å². The van der Waals surface area contributed by atoms with Crippen molar-refractivity contribution in [2.75, 3.05) is 6.61 Å². The van der Waals surface area contributed by atoms with Crippen LogP contribution in [-0.4, -0.2) is 52.5 Å². The molecule has 9 heteroatoms. The summed E-state index contributed by atoms with van der Waals surface area (Å²) in [6.45, 7) is 5.53. The first-order chi connectivity index (χ1) is 19.6. The largest absolute Gasteiger partial charge is 0.478 e. The number of hydrogen-bond acceptors (Lipinski definition) is 6. The Bertz CT molecular complexity index is 1380. The zero-order chi connectivity index (χ0) is 29.1. The molecule has 0 aliphatic heterocycles. The summed E-state index contributed by atoms with van der Waals surface area (Å²) in [6.07, 6.45) is 3.11. The highest BCUT2D eigenvalue weighted by Gasteiger charge is 2.37. The zero-order valence-corrected chi connectivity index (χ0v) is 23.6. The number of benzene rings is 2. The number of fused-ring (bicyclic) bond motifs is 3. The van der Waals surface area contributed by atoms with Crippen molar-refractivity contribution in [3.8, 4) is 11.1 Å². The van der Waals surface area contributed by atoms with Crippen molar-refractivity contribution in [1.29, 1.82) is 0 Å². The monoisotopic (exact) mass is 560 g/mol. The Balaban J connectivity index is 1.38. The molecule has 41 heavy (non-hydrogen) atoms. The minimum Gasteiger partial charge on any atom is -0.478 e. The summed E-state index contributed by atoms with van der Waals surface area (Å²) in [5, 5.41) is 12.3. The molecule has 216 valence electrons. The van der Waals surface area contributed by atoms with Crippen LogP contribution in [0.3, 0.4) is 0 Å². The summed E-state index contributed by atoms with van der Waals surface area (Å²) in [7, 11) is 0. The zero-order valence-electron chi connectivity index (χ0n) is 23.6. The molecule has 0 bridgehead atoms. The third-order valence-corrected chi connectivity index (χ3v) is 7.63. The Morgan fingerprint density at radius 3 is 2.24 bits per heavy atom. The minimum absolute atomic E-state index is 0.000406. The maximum atomic E-state index is 13.8. The smallest absolute Gasteiger partial charge is 0.410 e. The van der Waals surface area contributed by atoms with E-state index in [0.29, 0.717) is 18.6 Å². The Morgan fingerprint density at radius 2 is 1.63 bits per heavy atom. The summed E-state index contributed by atoms with van der Waals surface area (Å²) in [4.78, 5) is 39.5. The fraction of sp³-hybridized carbons (Fsp3) is 0.406. The van der Waals surface area contributed by atoms with E-state index in [9.17, 15) is 19.5 Å². The molecule has 2 aromatic carbocycles. The molecule has 0 unspecified atom stereocenters. The maximum Gasteiger partial charge on any atom is 0.410 e. The van der Waals surface area contributed by atoms with Crippen LogP contribution in [0.25, 0.3) is 11.1 Å². The van der Waals surface area contributed by atoms with E-state index in [2.05, 4.69) is 29.6 Å². The molecule has 1 heterocycles. The molecule has 2 aliphatic carbocycles. The van der Waals surface area contributed by atoms with E-state index < -0.39 is 29.8 Å². The van der Waals surface area contributed by atoms with Gasteiger partial charge in [-0.05, 0) is 61.9 Å². The first-order valence-corrected chi connectivity index (χ1v) is 14.0. The number of nitrogens with zero attached hydrogens (tertiary/aromatic N) is 1. The van der Waals surface area contributed by atoms with Crippen LogP contribution < -0.4 is 5.32 Å². The number of rotatable bonds is 7. The molecule has 2 aliphatic rings. The van der Waals surface area contributed by atoms with Crippen molar-refractivity contribution in [3.05, 3.63) is 83.3 Å². The van der Waals surface area contributed by atoms with E-state index in [4.69, 9.17) is 13.9 Å². The molecular formula is C32H36N2O7. The molecule has 2 amide bonds. The van der Waals surface area contributed by atoms with Gasteiger partial charge < -0.3 is 24.3 Å². The Labute approximate surface area is 239 Å². The highest BCUT2D eigenvalue weighted by molar-refractivity contribution is 5.87. The van der Waals surface area contributed by atoms with Crippen LogP contribution in [0.1, 0.15) is 79.6 Å². The predicted molar refractivity (Wildman–Crippen MR) is 152 cm³/mol. The SMILES string of the molecule is CC(C)(C)OC(=O)N[C@H]1CCCC[C@@H]1N(Cc1cc(C(=O)O)co1)C(=O)OCC1c2ccccc2-c2ccccc21. The van der Waals surface area contributed by atoms with Crippen LogP contribution in [-0.2, 0) is 16.0 Å². The van der Waals surface area contributed by atoms with E-state index >= 15 is 0 Å². The van der Waals surface area contributed by atoms with Crippen molar-refractivity contribution in [2.45, 2.75) is 76.6 Å². The molecule has 1 aromatic heterocycles. The number of aromatic carboxylic acids is 1. The van der Waals surface area contributed by atoms with E-state index in [0.717, 1.165) is 41.4 Å². The average Bonchev–Trinajstić information content (AvgIpc) is 3.53. The molecule has 5 rings (SSSR count). The average molecular weight is 561 g/mol. The number of amides is 2. The van der Waals surface area contributed by atoms with Crippen molar-refractivity contribution >= 4 is 18.2 Å². The van der Waals surface area contributed by atoms with Gasteiger partial charge >= 0.3 is 18.2 Å². The molecule has 1 saturated carbocycles. The van der Waals surface area contributed by atoms with Gasteiger partial charge in [-0.1, -0.05) is 61.4 Å². The van der Waals surface area contributed by atoms with Gasteiger partial charge in [0.2, 0.25) is 0 Å². The van der Waals surface area contributed by atoms with Gasteiger partial charge in [0.1, 0.15) is 24.2 Å². The fourth-order valence-electron chi connectivity index (χ4n) is 5.85. The van der Waals surface area contributed by atoms with Crippen LogP contribution in [0.2, 0.25) is 0 Å². The van der Waals surface area contributed by atoms with Crippen LogP contribution in [0.5, 0.6) is 0 Å². The Kier molecular flexibility index (Phi) is 8.06. The standard InChI is InChI=1S/C32H36N2O7/c1-32(2,3)41-30(37)33-27-14-8-9-15-28(27)34(17-21-16-20(18-39-21)29(35)36)31(38)40-19-26-24-12-6-4-10-22(24)23-11-5-7-13-25(23)26/h4-7,10-13,16,18,26-28H,8-9,14-15,17,19H2,1-3H3,(H,33,37)(H,35,36)/t27-,28-/m0/s1. The summed E-state index contributed by atoms with van der Waals surface area (Å²) in [5.74, 6) is -0.912. The van der Waals surface area contributed by atoms with Crippen LogP contribution in [0.15, 0.2) is 65.3 Å². The Hall–Kier alpha value is -4.27. The normalized spacial score (nSPS) is 18.2. The van der Waals surface area contributed by atoms with Crippen molar-refractivity contribution < 1.29 is 33.4 Å². The second-order valence-electron chi connectivity index (χ2n) is 11.6. The Morgan fingerprint density at radius 1 is 1.00 bits per heavy atom. The van der Waals surface area contributed by atoms with Gasteiger partial charge in [-0.15, -0.1) is 0 Å². The summed E-state index contributed by atoms with van der Waals surface area (Å²) >= 11 is 0. The van der Waals surface area contributed by atoms with Gasteiger partial charge in [-0.2, -0.15) is 0 Å². The second kappa shape index (κ2) is 11.7. The van der Waals surface area contributed by atoms with E-state index in [-0.39, 0.29) is 30.7 Å². The van der Waals surface area contributed by atoms with Crippen LogP contribution in [0, 0.1) is 0 Å². The fourth-order valence-corrected chi connectivity index (χ4v) is 5.85. The third kappa shape index (κ3) is 6.39. The van der Waals surface area contributed by atoms with Crippen molar-refractivity contribution in [2.24, 2.45) is 0 Å². The summed E-state index contributed by atoms with van der Waals surface area (Å²) in [5.41, 5.74) is 3.81. The maximum absolute atomic E-state index is 13.8. The molecule has 3 aromatic rings. The first kappa shape index (κ1) is 28.3. The molecule has 2 N–H and O–H groups in total. The highest BCUT2D eigenvalue weighted by Crippen LogP contribution is 2.44. The molecular weight excluding hydrogens is 524 g/mol. The lowest BCUT2D eigenvalue weighted by atomic mass is 9.89. The first-order valence-electron chi connectivity index (χ1n) is 14.0. The number of carbonyl (C=O) groups excluding carboxylic acids is 2. The molecule has 9 nitrogen and oxygen atoms in total. The number of furan rings is 1. The molecule has 0 spiro atoms. The van der Waals surface area contributed by atoms with E-state index in [1.807, 2.05) is 24.3 Å². The van der Waals surface area contributed by atoms with Crippen LogP contribution >= 0.6 is 0 Å². The van der Waals surface area contributed by atoms with Crippen molar-refractivity contribution in [3.63, 3.8) is 0 Å². The number of ether oxygens (including phenoxy) is 2. The third-order valence-electron chi connectivity index (χ3n) is 7.63. The van der Waals surface area contributed by atoms with E-state index in [1.165, 1.54) is 6.07 Å². The lowest BCUT2D eigenvalue weighted by Crippen LogP contribution is -2.55. The summed E-state index contributed by atoms with van der Waals surface area (Å²) < 4.78 is 17.0. The van der Waals surface area contributed by atoms with Gasteiger partial charge in [-0.25, -0.2) is 14.4 Å². The predicted octanol–water partition coefficient (Wildman–Crippen LogP) is 6.56. The molecule has 0 radical (unpaired) electrons.